The SMILES string of the molecule is CCOc1c(/C(C)=C/C(=O)NCc2cccs2)cc2c(-c3ccc(F)cc3)coc2c1C. The Morgan fingerprint density at radius 3 is 2.72 bits per heavy atom. The molecule has 6 heteroatoms. The van der Waals surface area contributed by atoms with Crippen LogP contribution in [0.2, 0.25) is 0 Å². The van der Waals surface area contributed by atoms with Crippen molar-refractivity contribution in [3.63, 3.8) is 0 Å². The highest BCUT2D eigenvalue weighted by Gasteiger charge is 2.19. The van der Waals surface area contributed by atoms with Gasteiger partial charge in [0.25, 0.3) is 0 Å². The minimum absolute atomic E-state index is 0.165. The minimum atomic E-state index is -0.288. The van der Waals surface area contributed by atoms with Crippen LogP contribution in [0.4, 0.5) is 4.39 Å². The highest BCUT2D eigenvalue weighted by atomic mass is 32.1. The Hall–Kier alpha value is -3.38. The van der Waals surface area contributed by atoms with Crippen molar-refractivity contribution in [1.82, 2.24) is 5.32 Å². The van der Waals surface area contributed by atoms with Crippen LogP contribution < -0.4 is 10.1 Å². The molecule has 164 valence electrons. The van der Waals surface area contributed by atoms with Crippen LogP contribution in [0.15, 0.2) is 64.6 Å². The van der Waals surface area contributed by atoms with Crippen LogP contribution in [0.25, 0.3) is 27.7 Å². The van der Waals surface area contributed by atoms with E-state index in [1.54, 1.807) is 35.8 Å². The van der Waals surface area contributed by atoms with Crippen molar-refractivity contribution in [2.45, 2.75) is 27.3 Å². The Morgan fingerprint density at radius 2 is 2.03 bits per heavy atom. The number of carbonyl (C=O) groups is 1. The van der Waals surface area contributed by atoms with Gasteiger partial charge in [0.1, 0.15) is 17.1 Å². The third-order valence-corrected chi connectivity index (χ3v) is 6.15. The van der Waals surface area contributed by atoms with Gasteiger partial charge in [-0.2, -0.15) is 0 Å². The van der Waals surface area contributed by atoms with E-state index in [-0.39, 0.29) is 11.7 Å². The van der Waals surface area contributed by atoms with E-state index < -0.39 is 0 Å². The zero-order valence-electron chi connectivity index (χ0n) is 18.2. The molecular weight excluding hydrogens is 425 g/mol. The van der Waals surface area contributed by atoms with E-state index in [4.69, 9.17) is 9.15 Å². The quantitative estimate of drug-likeness (QED) is 0.318. The molecule has 0 aliphatic heterocycles. The van der Waals surface area contributed by atoms with E-state index in [0.717, 1.165) is 38.1 Å². The number of thiophene rings is 1. The van der Waals surface area contributed by atoms with E-state index >= 15 is 0 Å². The number of aryl methyl sites for hydroxylation is 1. The summed E-state index contributed by atoms with van der Waals surface area (Å²) in [6.45, 7) is 6.74. The van der Waals surface area contributed by atoms with Crippen molar-refractivity contribution in [3.05, 3.63) is 82.0 Å². The lowest BCUT2D eigenvalue weighted by atomic mass is 9.96. The topological polar surface area (TPSA) is 51.5 Å². The maximum absolute atomic E-state index is 13.4. The van der Waals surface area contributed by atoms with Crippen LogP contribution in [-0.4, -0.2) is 12.5 Å². The molecule has 32 heavy (non-hydrogen) atoms. The van der Waals surface area contributed by atoms with Crippen LogP contribution in [0, 0.1) is 12.7 Å². The Morgan fingerprint density at radius 1 is 1.25 bits per heavy atom. The Kier molecular flexibility index (Phi) is 6.42. The first kappa shape index (κ1) is 21.8. The fraction of sp³-hybridized carbons (Fsp3) is 0.192. The van der Waals surface area contributed by atoms with Crippen molar-refractivity contribution in [2.24, 2.45) is 0 Å². The number of nitrogens with one attached hydrogen (secondary N) is 1. The summed E-state index contributed by atoms with van der Waals surface area (Å²) in [5.41, 5.74) is 4.91. The number of benzene rings is 2. The molecule has 4 nitrogen and oxygen atoms in total. The molecule has 2 heterocycles. The van der Waals surface area contributed by atoms with Crippen LogP contribution in [0.5, 0.6) is 5.75 Å². The van der Waals surface area contributed by atoms with Gasteiger partial charge >= 0.3 is 0 Å². The van der Waals surface area contributed by atoms with Gasteiger partial charge in [0.2, 0.25) is 5.91 Å². The van der Waals surface area contributed by atoms with Gasteiger partial charge in [-0.25, -0.2) is 4.39 Å². The summed E-state index contributed by atoms with van der Waals surface area (Å²) in [5.74, 6) is 0.242. The molecule has 0 aliphatic rings. The number of hydrogen-bond acceptors (Lipinski definition) is 4. The van der Waals surface area contributed by atoms with E-state index in [2.05, 4.69) is 5.32 Å². The summed E-state index contributed by atoms with van der Waals surface area (Å²) >= 11 is 1.60. The van der Waals surface area contributed by atoms with Crippen LogP contribution in [0.3, 0.4) is 0 Å². The number of furan rings is 1. The molecule has 0 spiro atoms. The average Bonchev–Trinajstić information content (AvgIpc) is 3.45. The Labute approximate surface area is 190 Å². The minimum Gasteiger partial charge on any atom is -0.493 e. The predicted octanol–water partition coefficient (Wildman–Crippen LogP) is 6.73. The number of halogens is 1. The lowest BCUT2D eigenvalue weighted by Crippen LogP contribution is -2.20. The first-order valence-corrected chi connectivity index (χ1v) is 11.3. The molecule has 0 fully saturated rings. The predicted molar refractivity (Wildman–Crippen MR) is 127 cm³/mol. The smallest absolute Gasteiger partial charge is 0.244 e. The van der Waals surface area contributed by atoms with Crippen LogP contribution in [-0.2, 0) is 11.3 Å². The van der Waals surface area contributed by atoms with Crippen molar-refractivity contribution < 1.29 is 18.3 Å². The van der Waals surface area contributed by atoms with Gasteiger partial charge in [-0.15, -0.1) is 11.3 Å². The summed E-state index contributed by atoms with van der Waals surface area (Å²) in [4.78, 5) is 13.6. The molecule has 1 amide bonds. The zero-order chi connectivity index (χ0) is 22.7. The monoisotopic (exact) mass is 449 g/mol. The van der Waals surface area contributed by atoms with E-state index in [1.807, 2.05) is 44.4 Å². The van der Waals surface area contributed by atoms with E-state index in [1.165, 1.54) is 12.1 Å². The summed E-state index contributed by atoms with van der Waals surface area (Å²) in [7, 11) is 0. The lowest BCUT2D eigenvalue weighted by molar-refractivity contribution is -0.116. The first-order valence-electron chi connectivity index (χ1n) is 10.4. The highest BCUT2D eigenvalue weighted by Crippen LogP contribution is 2.40. The van der Waals surface area contributed by atoms with Gasteiger partial charge in [-0.1, -0.05) is 18.2 Å². The standard InChI is InChI=1S/C26H24FNO3S/c1-4-30-25-17(3)26-22(23(15-31-26)18-7-9-19(27)10-8-18)13-21(25)16(2)12-24(29)28-14-20-6-5-11-32-20/h5-13,15H,4,14H2,1-3H3,(H,28,29)/b16-12+. The van der Waals surface area contributed by atoms with Gasteiger partial charge in [0.05, 0.1) is 19.4 Å². The van der Waals surface area contributed by atoms with Crippen molar-refractivity contribution >= 4 is 33.8 Å². The Balaban J connectivity index is 1.74. The fourth-order valence-corrected chi connectivity index (χ4v) is 4.35. The third-order valence-electron chi connectivity index (χ3n) is 5.28. The zero-order valence-corrected chi connectivity index (χ0v) is 19.0. The molecule has 0 aliphatic carbocycles. The van der Waals surface area contributed by atoms with Crippen molar-refractivity contribution in [3.8, 4) is 16.9 Å². The molecule has 2 aromatic heterocycles. The average molecular weight is 450 g/mol. The molecule has 2 aromatic carbocycles. The molecule has 0 saturated carbocycles. The molecule has 4 aromatic rings. The molecule has 0 radical (unpaired) electrons. The summed E-state index contributed by atoms with van der Waals surface area (Å²) in [6.07, 6.45) is 3.27. The van der Waals surface area contributed by atoms with E-state index in [9.17, 15) is 9.18 Å². The molecular formula is C26H24FNO3S. The van der Waals surface area contributed by atoms with Gasteiger partial charge < -0.3 is 14.5 Å². The first-order chi connectivity index (χ1) is 15.5. The van der Waals surface area contributed by atoms with Crippen LogP contribution in [0.1, 0.15) is 29.9 Å². The van der Waals surface area contributed by atoms with Gasteiger partial charge in [-0.05, 0) is 61.6 Å². The van der Waals surface area contributed by atoms with Crippen LogP contribution >= 0.6 is 11.3 Å². The largest absolute Gasteiger partial charge is 0.493 e. The molecule has 0 saturated heterocycles. The van der Waals surface area contributed by atoms with Crippen molar-refractivity contribution in [1.29, 1.82) is 0 Å². The molecule has 0 atom stereocenters. The highest BCUT2D eigenvalue weighted by molar-refractivity contribution is 7.09. The van der Waals surface area contributed by atoms with Gasteiger partial charge in [0, 0.05) is 33.0 Å². The second kappa shape index (κ2) is 9.40. The number of ether oxygens (including phenoxy) is 1. The molecule has 0 unspecified atom stereocenters. The maximum Gasteiger partial charge on any atom is 0.244 e. The molecule has 1 N–H and O–H groups in total. The lowest BCUT2D eigenvalue weighted by Gasteiger charge is -2.15. The Bertz CT molecular complexity index is 1270. The number of fused-ring (bicyclic) bond motifs is 1. The number of carbonyl (C=O) groups excluding carboxylic acids is 1. The summed E-state index contributed by atoms with van der Waals surface area (Å²) < 4.78 is 25.2. The second-order valence-electron chi connectivity index (χ2n) is 7.47. The van der Waals surface area contributed by atoms with Crippen molar-refractivity contribution in [2.75, 3.05) is 6.61 Å². The number of allylic oxidation sites excluding steroid dienone is 1. The normalized spacial score (nSPS) is 11.7. The fourth-order valence-electron chi connectivity index (χ4n) is 3.70. The molecule has 0 bridgehead atoms. The molecule has 4 rings (SSSR count). The van der Waals surface area contributed by atoms with E-state index in [0.29, 0.717) is 24.5 Å². The maximum atomic E-state index is 13.4. The number of amides is 1. The number of hydrogen-bond donors (Lipinski definition) is 1. The van der Waals surface area contributed by atoms with Gasteiger partial charge in [0.15, 0.2) is 0 Å². The van der Waals surface area contributed by atoms with Gasteiger partial charge in [-0.3, -0.25) is 4.79 Å². The second-order valence-corrected chi connectivity index (χ2v) is 8.50. The number of rotatable bonds is 7. The third kappa shape index (κ3) is 4.46. The summed E-state index contributed by atoms with van der Waals surface area (Å²) in [5, 5.41) is 5.80. The summed E-state index contributed by atoms with van der Waals surface area (Å²) in [6, 6.07) is 12.2.